The first-order valence-corrected chi connectivity index (χ1v) is 10.7. The zero-order chi connectivity index (χ0) is 19.1. The van der Waals surface area contributed by atoms with Crippen molar-refractivity contribution in [2.75, 3.05) is 31.1 Å². The molecule has 3 aromatic rings. The molecule has 0 spiro atoms. The van der Waals surface area contributed by atoms with Crippen molar-refractivity contribution in [3.8, 4) is 0 Å². The van der Waals surface area contributed by atoms with Gasteiger partial charge in [0.05, 0.1) is 10.2 Å². The highest BCUT2D eigenvalue weighted by Crippen LogP contribution is 2.40. The minimum absolute atomic E-state index is 0.0116. The van der Waals surface area contributed by atoms with Crippen molar-refractivity contribution in [2.24, 2.45) is 0 Å². The number of fused-ring (bicyclic) bond motifs is 1. The number of anilines is 1. The predicted molar refractivity (Wildman–Crippen MR) is 103 cm³/mol. The van der Waals surface area contributed by atoms with E-state index in [1.807, 2.05) is 35.2 Å². The van der Waals surface area contributed by atoms with Crippen molar-refractivity contribution < 1.29 is 17.2 Å². The third-order valence-electron chi connectivity index (χ3n) is 4.57. The van der Waals surface area contributed by atoms with E-state index in [0.717, 1.165) is 9.99 Å². The molecule has 0 bridgehead atoms. The molecule has 0 unspecified atom stereocenters. The number of hydrogen-bond donors (Lipinski definition) is 0. The van der Waals surface area contributed by atoms with Gasteiger partial charge in [-0.15, -0.1) is 11.3 Å². The van der Waals surface area contributed by atoms with Crippen LogP contribution in [0.5, 0.6) is 0 Å². The number of aromatic nitrogens is 1. The first kappa shape index (κ1) is 18.3. The number of alkyl halides is 2. The van der Waals surface area contributed by atoms with E-state index < -0.39 is 20.3 Å². The first-order valence-electron chi connectivity index (χ1n) is 8.43. The monoisotopic (exact) mass is 409 g/mol. The molecule has 0 saturated carbocycles. The molecule has 1 saturated heterocycles. The van der Waals surface area contributed by atoms with E-state index in [-0.39, 0.29) is 13.1 Å². The Morgan fingerprint density at radius 1 is 0.926 bits per heavy atom. The quantitative estimate of drug-likeness (QED) is 0.662. The van der Waals surface area contributed by atoms with Crippen LogP contribution < -0.4 is 4.90 Å². The number of hydrogen-bond acceptors (Lipinski definition) is 5. The van der Waals surface area contributed by atoms with Gasteiger partial charge in [-0.1, -0.05) is 30.3 Å². The number of benzene rings is 2. The Labute approximate surface area is 159 Å². The van der Waals surface area contributed by atoms with Crippen molar-refractivity contribution >= 4 is 37.3 Å². The summed E-state index contributed by atoms with van der Waals surface area (Å²) < 4.78 is 56.5. The van der Waals surface area contributed by atoms with Crippen LogP contribution in [0.4, 0.5) is 14.5 Å². The van der Waals surface area contributed by atoms with Gasteiger partial charge in [0, 0.05) is 31.9 Å². The molecule has 0 aliphatic carbocycles. The number of nitrogens with zero attached hydrogens (tertiary/aromatic N) is 3. The zero-order valence-corrected chi connectivity index (χ0v) is 15.9. The van der Waals surface area contributed by atoms with Gasteiger partial charge in [0.25, 0.3) is 10.0 Å². The van der Waals surface area contributed by atoms with Gasteiger partial charge < -0.3 is 4.90 Å². The molecule has 0 amide bonds. The normalized spacial score (nSPS) is 16.7. The van der Waals surface area contributed by atoms with Gasteiger partial charge in [-0.25, -0.2) is 13.4 Å². The lowest BCUT2D eigenvalue weighted by atomic mass is 10.2. The topological polar surface area (TPSA) is 53.5 Å². The van der Waals surface area contributed by atoms with E-state index in [9.17, 15) is 17.2 Å². The number of para-hydroxylation sites is 2. The Kier molecular flexibility index (Phi) is 4.61. The van der Waals surface area contributed by atoms with Gasteiger partial charge >= 0.3 is 5.25 Å². The summed E-state index contributed by atoms with van der Waals surface area (Å²) in [5.41, 5.74) is 1.33. The molecule has 0 radical (unpaired) electrons. The summed E-state index contributed by atoms with van der Waals surface area (Å²) in [6.45, 7) is 0.744. The van der Waals surface area contributed by atoms with Crippen LogP contribution >= 0.6 is 11.3 Å². The van der Waals surface area contributed by atoms with E-state index >= 15 is 0 Å². The second kappa shape index (κ2) is 6.81. The van der Waals surface area contributed by atoms with Crippen molar-refractivity contribution in [1.82, 2.24) is 9.29 Å². The molecule has 4 rings (SSSR count). The van der Waals surface area contributed by atoms with E-state index in [1.54, 1.807) is 24.3 Å². The molecule has 5 nitrogen and oxygen atoms in total. The minimum Gasteiger partial charge on any atom is -0.369 e. The molecule has 9 heteroatoms. The summed E-state index contributed by atoms with van der Waals surface area (Å²) in [5, 5.41) is -4.74. The average molecular weight is 409 g/mol. The molecule has 142 valence electrons. The van der Waals surface area contributed by atoms with Crippen LogP contribution in [0.3, 0.4) is 0 Å². The van der Waals surface area contributed by atoms with Crippen LogP contribution in [0.15, 0.2) is 54.6 Å². The molecule has 1 aliphatic heterocycles. The average Bonchev–Trinajstić information content (AvgIpc) is 3.14. The molecule has 0 atom stereocenters. The van der Waals surface area contributed by atoms with Crippen molar-refractivity contribution in [3.63, 3.8) is 0 Å². The first-order chi connectivity index (χ1) is 12.9. The lowest BCUT2D eigenvalue weighted by molar-refractivity contribution is 0.0809. The van der Waals surface area contributed by atoms with Crippen molar-refractivity contribution in [1.29, 1.82) is 0 Å². The molecule has 0 N–H and O–H groups in total. The highest BCUT2D eigenvalue weighted by atomic mass is 32.2. The van der Waals surface area contributed by atoms with Gasteiger partial charge in [-0.2, -0.15) is 13.1 Å². The fourth-order valence-corrected chi connectivity index (χ4v) is 5.61. The lowest BCUT2D eigenvalue weighted by Crippen LogP contribution is -2.52. The van der Waals surface area contributed by atoms with Crippen LogP contribution in [-0.2, 0) is 15.3 Å². The molecule has 1 aliphatic rings. The Morgan fingerprint density at radius 3 is 2.22 bits per heavy atom. The maximum Gasteiger partial charge on any atom is 0.409 e. The molecular formula is C18H17F2N3O2S2. The van der Waals surface area contributed by atoms with Crippen LogP contribution in [0.25, 0.3) is 10.2 Å². The third kappa shape index (κ3) is 3.19. The number of piperazine rings is 1. The lowest BCUT2D eigenvalue weighted by Gasteiger charge is -2.36. The fraction of sp³-hybridized carbons (Fsp3) is 0.278. The third-order valence-corrected chi connectivity index (χ3v) is 7.69. The zero-order valence-electron chi connectivity index (χ0n) is 14.3. The van der Waals surface area contributed by atoms with E-state index in [2.05, 4.69) is 4.98 Å². The van der Waals surface area contributed by atoms with Gasteiger partial charge in [0.1, 0.15) is 0 Å². The van der Waals surface area contributed by atoms with E-state index in [1.165, 1.54) is 0 Å². The fourth-order valence-electron chi connectivity index (χ4n) is 3.09. The summed E-state index contributed by atoms with van der Waals surface area (Å²) in [6, 6.07) is 16.1. The molecule has 2 aromatic carbocycles. The number of thiazole rings is 1. The standard InChI is InChI=1S/C18H17F2N3O2S2/c19-18(20,17-21-15-8-4-5-9-16(15)26-17)27(24,25)23-12-10-22(11-13-23)14-6-2-1-3-7-14/h1-9H,10-13H2. The van der Waals surface area contributed by atoms with E-state index in [0.29, 0.717) is 34.6 Å². The summed E-state index contributed by atoms with van der Waals surface area (Å²) in [4.78, 5) is 5.85. The Morgan fingerprint density at radius 2 is 1.56 bits per heavy atom. The molecule has 1 aromatic heterocycles. The van der Waals surface area contributed by atoms with Crippen LogP contribution in [0.1, 0.15) is 5.01 Å². The molecule has 1 fully saturated rings. The van der Waals surface area contributed by atoms with Crippen LogP contribution in [0, 0.1) is 0 Å². The second-order valence-electron chi connectivity index (χ2n) is 6.23. The SMILES string of the molecule is O=S(=O)(N1CCN(c2ccccc2)CC1)C(F)(F)c1nc2ccccc2s1. The van der Waals surface area contributed by atoms with Gasteiger partial charge in [0.2, 0.25) is 0 Å². The minimum atomic E-state index is -4.85. The van der Waals surface area contributed by atoms with Crippen LogP contribution in [0.2, 0.25) is 0 Å². The highest BCUT2D eigenvalue weighted by molar-refractivity contribution is 7.89. The number of rotatable bonds is 4. The maximum absolute atomic E-state index is 14.9. The predicted octanol–water partition coefficient (Wildman–Crippen LogP) is 3.50. The summed E-state index contributed by atoms with van der Waals surface area (Å²) >= 11 is 0.715. The molecule has 2 heterocycles. The summed E-state index contributed by atoms with van der Waals surface area (Å²) in [7, 11) is -4.85. The Bertz CT molecular complexity index is 1010. The van der Waals surface area contributed by atoms with Gasteiger partial charge in [-0.05, 0) is 24.3 Å². The number of halogens is 2. The summed E-state index contributed by atoms with van der Waals surface area (Å²) in [6.07, 6.45) is 0. The molecular weight excluding hydrogens is 392 g/mol. The number of sulfonamides is 1. The highest BCUT2D eigenvalue weighted by Gasteiger charge is 2.53. The van der Waals surface area contributed by atoms with Gasteiger partial charge in [-0.3, -0.25) is 0 Å². The smallest absolute Gasteiger partial charge is 0.369 e. The maximum atomic E-state index is 14.9. The van der Waals surface area contributed by atoms with E-state index in [4.69, 9.17) is 0 Å². The largest absolute Gasteiger partial charge is 0.409 e. The van der Waals surface area contributed by atoms with Gasteiger partial charge in [0.15, 0.2) is 5.01 Å². The van der Waals surface area contributed by atoms with Crippen LogP contribution in [-0.4, -0.2) is 43.9 Å². The summed E-state index contributed by atoms with van der Waals surface area (Å²) in [5.74, 6) is 0. The van der Waals surface area contributed by atoms with Crippen molar-refractivity contribution in [2.45, 2.75) is 5.25 Å². The Hall–Kier alpha value is -2.10. The molecule has 27 heavy (non-hydrogen) atoms. The van der Waals surface area contributed by atoms with Crippen molar-refractivity contribution in [3.05, 3.63) is 59.6 Å². The second-order valence-corrected chi connectivity index (χ2v) is 9.24. The Balaban J connectivity index is 1.56.